The Kier molecular flexibility index (Phi) is 4.66. The van der Waals surface area contributed by atoms with Crippen molar-refractivity contribution in [3.63, 3.8) is 0 Å². The van der Waals surface area contributed by atoms with Gasteiger partial charge in [0.25, 0.3) is 5.91 Å². The zero-order chi connectivity index (χ0) is 12.8. The van der Waals surface area contributed by atoms with Crippen LogP contribution in [-0.2, 0) is 4.79 Å². The molecule has 0 unspecified atom stereocenters. The summed E-state index contributed by atoms with van der Waals surface area (Å²) in [6, 6.07) is 5.32. The van der Waals surface area contributed by atoms with E-state index in [1.165, 1.54) is 0 Å². The lowest BCUT2D eigenvalue weighted by Crippen LogP contribution is -2.27. The summed E-state index contributed by atoms with van der Waals surface area (Å²) in [6.45, 7) is 2.10. The van der Waals surface area contributed by atoms with Crippen molar-refractivity contribution in [2.75, 3.05) is 26.0 Å². The molecule has 3 N–H and O–H groups in total. The van der Waals surface area contributed by atoms with Crippen LogP contribution < -0.4 is 16.0 Å². The van der Waals surface area contributed by atoms with Crippen LogP contribution in [0.1, 0.15) is 15.9 Å². The van der Waals surface area contributed by atoms with Crippen molar-refractivity contribution >= 4 is 17.5 Å². The fraction of sp³-hybridized carbons (Fsp3) is 0.333. The van der Waals surface area contributed by atoms with Crippen LogP contribution >= 0.6 is 0 Å². The highest BCUT2D eigenvalue weighted by molar-refractivity contribution is 6.04. The van der Waals surface area contributed by atoms with Crippen molar-refractivity contribution in [3.05, 3.63) is 29.3 Å². The molecule has 1 rings (SSSR count). The van der Waals surface area contributed by atoms with Gasteiger partial charge in [0.05, 0.1) is 17.8 Å². The second kappa shape index (κ2) is 6.00. The van der Waals surface area contributed by atoms with Crippen molar-refractivity contribution in [2.45, 2.75) is 6.92 Å². The molecule has 92 valence electrons. The summed E-state index contributed by atoms with van der Waals surface area (Å²) in [4.78, 5) is 23.1. The van der Waals surface area contributed by atoms with Gasteiger partial charge in [-0.15, -0.1) is 0 Å². The number of aryl methyl sites for hydroxylation is 1. The first-order valence-electron chi connectivity index (χ1n) is 5.35. The predicted octanol–water partition coefficient (Wildman–Crippen LogP) is 0.513. The van der Waals surface area contributed by atoms with E-state index < -0.39 is 0 Å². The molecule has 0 aromatic heterocycles. The molecule has 0 atom stereocenters. The van der Waals surface area contributed by atoms with Crippen molar-refractivity contribution < 1.29 is 9.59 Å². The lowest BCUT2D eigenvalue weighted by atomic mass is 10.1. The van der Waals surface area contributed by atoms with Gasteiger partial charge in [-0.2, -0.15) is 0 Å². The lowest BCUT2D eigenvalue weighted by Gasteiger charge is -2.10. The fourth-order valence-corrected chi connectivity index (χ4v) is 1.44. The molecule has 0 aliphatic rings. The highest BCUT2D eigenvalue weighted by Crippen LogP contribution is 2.17. The highest BCUT2D eigenvalue weighted by Gasteiger charge is 2.12. The second-order valence-corrected chi connectivity index (χ2v) is 3.71. The lowest BCUT2D eigenvalue weighted by molar-refractivity contribution is -0.115. The van der Waals surface area contributed by atoms with Crippen LogP contribution in [0.25, 0.3) is 0 Å². The van der Waals surface area contributed by atoms with Crippen LogP contribution in [-0.4, -0.2) is 32.5 Å². The smallest absolute Gasteiger partial charge is 0.253 e. The maximum Gasteiger partial charge on any atom is 0.253 e. The van der Waals surface area contributed by atoms with E-state index in [0.717, 1.165) is 5.56 Å². The summed E-state index contributed by atoms with van der Waals surface area (Å²) in [5, 5.41) is 7.99. The maximum absolute atomic E-state index is 11.6. The zero-order valence-electron chi connectivity index (χ0n) is 10.3. The Balaban J connectivity index is 2.98. The van der Waals surface area contributed by atoms with Crippen LogP contribution in [0.3, 0.4) is 0 Å². The van der Waals surface area contributed by atoms with Gasteiger partial charge in [-0.1, -0.05) is 11.6 Å². The van der Waals surface area contributed by atoms with E-state index >= 15 is 0 Å². The third kappa shape index (κ3) is 3.57. The number of likely N-dealkylation sites (N-methyl/N-ethyl adjacent to an activating group) is 1. The molecule has 1 aromatic carbocycles. The van der Waals surface area contributed by atoms with E-state index in [-0.39, 0.29) is 18.4 Å². The van der Waals surface area contributed by atoms with Gasteiger partial charge in [-0.25, -0.2) is 0 Å². The summed E-state index contributed by atoms with van der Waals surface area (Å²) >= 11 is 0. The Morgan fingerprint density at radius 1 is 1.24 bits per heavy atom. The molecule has 5 nitrogen and oxygen atoms in total. The topological polar surface area (TPSA) is 70.2 Å². The Hall–Kier alpha value is -1.88. The zero-order valence-corrected chi connectivity index (χ0v) is 10.3. The minimum Gasteiger partial charge on any atom is -0.355 e. The molecule has 0 heterocycles. The summed E-state index contributed by atoms with van der Waals surface area (Å²) in [7, 11) is 3.25. The summed E-state index contributed by atoms with van der Waals surface area (Å²) < 4.78 is 0. The van der Waals surface area contributed by atoms with Crippen molar-refractivity contribution in [1.29, 1.82) is 0 Å². The van der Waals surface area contributed by atoms with Crippen molar-refractivity contribution in [2.24, 2.45) is 0 Å². The van der Waals surface area contributed by atoms with E-state index in [1.54, 1.807) is 26.2 Å². The molecule has 0 spiro atoms. The van der Waals surface area contributed by atoms with Crippen molar-refractivity contribution in [3.8, 4) is 0 Å². The maximum atomic E-state index is 11.6. The quantitative estimate of drug-likeness (QED) is 0.712. The molecular formula is C12H17N3O2. The molecule has 0 aliphatic heterocycles. The number of amides is 2. The number of nitrogens with one attached hydrogen (secondary N) is 3. The van der Waals surface area contributed by atoms with Gasteiger partial charge in [0.2, 0.25) is 5.91 Å². The first kappa shape index (κ1) is 13.2. The first-order valence-corrected chi connectivity index (χ1v) is 5.35. The molecule has 0 aliphatic carbocycles. The van der Waals surface area contributed by atoms with Gasteiger partial charge in [0.1, 0.15) is 0 Å². The summed E-state index contributed by atoms with van der Waals surface area (Å²) in [6.07, 6.45) is 0. The number of anilines is 1. The van der Waals surface area contributed by atoms with Crippen molar-refractivity contribution in [1.82, 2.24) is 10.6 Å². The normalized spacial score (nSPS) is 9.82. The Labute approximate surface area is 101 Å². The Bertz CT molecular complexity index is 430. The van der Waals surface area contributed by atoms with E-state index in [1.807, 2.05) is 13.0 Å². The van der Waals surface area contributed by atoms with E-state index in [2.05, 4.69) is 16.0 Å². The molecular weight excluding hydrogens is 218 g/mol. The third-order valence-corrected chi connectivity index (χ3v) is 2.26. The van der Waals surface area contributed by atoms with Crippen LogP contribution in [0.2, 0.25) is 0 Å². The number of carbonyl (C=O) groups is 2. The monoisotopic (exact) mass is 235 g/mol. The SMILES string of the molecule is CNCC(=O)Nc1ccc(C)cc1C(=O)NC. The molecule has 2 amide bonds. The molecule has 1 aromatic rings. The van der Waals surface area contributed by atoms with Gasteiger partial charge in [0.15, 0.2) is 0 Å². The summed E-state index contributed by atoms with van der Waals surface area (Å²) in [5.41, 5.74) is 1.96. The Morgan fingerprint density at radius 3 is 2.53 bits per heavy atom. The Morgan fingerprint density at radius 2 is 1.94 bits per heavy atom. The molecule has 0 radical (unpaired) electrons. The predicted molar refractivity (Wildman–Crippen MR) is 67.1 cm³/mol. The average molecular weight is 235 g/mol. The van der Waals surface area contributed by atoms with E-state index in [4.69, 9.17) is 0 Å². The van der Waals surface area contributed by atoms with Crippen LogP contribution in [0.15, 0.2) is 18.2 Å². The molecule has 0 saturated heterocycles. The standard InChI is InChI=1S/C12H17N3O2/c1-8-4-5-10(15-11(16)7-13-2)9(6-8)12(17)14-3/h4-6,13H,7H2,1-3H3,(H,14,17)(H,15,16). The number of hydrogen-bond acceptors (Lipinski definition) is 3. The van der Waals surface area contributed by atoms with E-state index in [9.17, 15) is 9.59 Å². The van der Waals surface area contributed by atoms with Crippen LogP contribution in [0, 0.1) is 6.92 Å². The molecule has 0 fully saturated rings. The minimum atomic E-state index is -0.214. The largest absolute Gasteiger partial charge is 0.355 e. The third-order valence-electron chi connectivity index (χ3n) is 2.26. The summed E-state index contributed by atoms with van der Waals surface area (Å²) in [5.74, 6) is -0.394. The van der Waals surface area contributed by atoms with Gasteiger partial charge in [-0.05, 0) is 26.1 Å². The van der Waals surface area contributed by atoms with Crippen LogP contribution in [0.5, 0.6) is 0 Å². The van der Waals surface area contributed by atoms with Gasteiger partial charge < -0.3 is 16.0 Å². The number of carbonyl (C=O) groups excluding carboxylic acids is 2. The fourth-order valence-electron chi connectivity index (χ4n) is 1.44. The average Bonchev–Trinajstić information content (AvgIpc) is 2.30. The molecule has 0 saturated carbocycles. The molecule has 17 heavy (non-hydrogen) atoms. The van der Waals surface area contributed by atoms with Gasteiger partial charge >= 0.3 is 0 Å². The van der Waals surface area contributed by atoms with E-state index in [0.29, 0.717) is 11.3 Å². The van der Waals surface area contributed by atoms with Gasteiger partial charge in [-0.3, -0.25) is 9.59 Å². The number of hydrogen-bond donors (Lipinski definition) is 3. The number of rotatable bonds is 4. The number of benzene rings is 1. The highest BCUT2D eigenvalue weighted by atomic mass is 16.2. The second-order valence-electron chi connectivity index (χ2n) is 3.71. The van der Waals surface area contributed by atoms with Gasteiger partial charge in [0, 0.05) is 7.05 Å². The molecule has 0 bridgehead atoms. The minimum absolute atomic E-state index is 0.179. The van der Waals surface area contributed by atoms with Crippen LogP contribution in [0.4, 0.5) is 5.69 Å². The molecule has 5 heteroatoms. The first-order chi connectivity index (χ1) is 8.08.